The molecular weight excluding hydrogens is 455 g/mol. The van der Waals surface area contributed by atoms with Crippen LogP contribution in [0.1, 0.15) is 38.3 Å². The lowest BCUT2D eigenvalue weighted by atomic mass is 10.0. The summed E-state index contributed by atoms with van der Waals surface area (Å²) in [5.41, 5.74) is 1.25. The molecule has 7 heteroatoms. The maximum Gasteiger partial charge on any atom is 0.191 e. The van der Waals surface area contributed by atoms with Crippen molar-refractivity contribution in [3.8, 4) is 5.75 Å². The fourth-order valence-electron chi connectivity index (χ4n) is 3.40. The Labute approximate surface area is 181 Å². The number of nitrogens with zero attached hydrogens (tertiary/aromatic N) is 2. The number of likely N-dealkylation sites (N-methyl/N-ethyl adjacent to an activating group) is 1. The Bertz CT molecular complexity index is 561. The van der Waals surface area contributed by atoms with Crippen LogP contribution in [-0.4, -0.2) is 63.9 Å². The number of aliphatic imine (C=N–C) groups is 1. The quantitative estimate of drug-likeness (QED) is 0.317. The van der Waals surface area contributed by atoms with Crippen LogP contribution in [0.15, 0.2) is 29.3 Å². The third kappa shape index (κ3) is 7.46. The molecule has 154 valence electrons. The van der Waals surface area contributed by atoms with E-state index in [1.165, 1.54) is 5.56 Å². The molecule has 2 atom stereocenters. The molecule has 1 aromatic carbocycles. The summed E-state index contributed by atoms with van der Waals surface area (Å²) in [4.78, 5) is 6.79. The van der Waals surface area contributed by atoms with Crippen molar-refractivity contribution in [1.29, 1.82) is 0 Å². The minimum atomic E-state index is 0. The zero-order valence-corrected chi connectivity index (χ0v) is 19.4. The second kappa shape index (κ2) is 13.2. The summed E-state index contributed by atoms with van der Waals surface area (Å²) < 4.78 is 11.1. The standard InChI is InChI=1S/C20H34N4O2.HI/c1-5-24(6-2)19(16-9-7-10-17(13-16)25-4)15-23-20(21-3)22-14-18-11-8-12-26-18;/h7,9-10,13,18-19H,5-6,8,11-12,14-15H2,1-4H3,(H2,21,22,23);1H. The molecule has 1 aliphatic heterocycles. The molecule has 0 saturated carbocycles. The van der Waals surface area contributed by atoms with Gasteiger partial charge in [-0.25, -0.2) is 0 Å². The van der Waals surface area contributed by atoms with Crippen molar-refractivity contribution in [2.24, 2.45) is 4.99 Å². The second-order valence-corrected chi connectivity index (χ2v) is 6.48. The Morgan fingerprint density at radius 2 is 2.11 bits per heavy atom. The number of ether oxygens (including phenoxy) is 2. The number of methoxy groups -OCH3 is 1. The smallest absolute Gasteiger partial charge is 0.191 e. The lowest BCUT2D eigenvalue weighted by Gasteiger charge is -2.31. The largest absolute Gasteiger partial charge is 0.497 e. The molecule has 1 aliphatic rings. The molecule has 1 fully saturated rings. The Hall–Kier alpha value is -1.06. The third-order valence-corrected chi connectivity index (χ3v) is 4.94. The van der Waals surface area contributed by atoms with Crippen LogP contribution < -0.4 is 15.4 Å². The Kier molecular flexibility index (Phi) is 11.7. The Morgan fingerprint density at radius 1 is 1.33 bits per heavy atom. The molecule has 0 bridgehead atoms. The first-order valence-corrected chi connectivity index (χ1v) is 9.65. The van der Waals surface area contributed by atoms with Gasteiger partial charge in [-0.2, -0.15) is 0 Å². The van der Waals surface area contributed by atoms with E-state index in [-0.39, 0.29) is 30.0 Å². The summed E-state index contributed by atoms with van der Waals surface area (Å²) >= 11 is 0. The summed E-state index contributed by atoms with van der Waals surface area (Å²) in [7, 11) is 3.52. The molecule has 0 aromatic heterocycles. The lowest BCUT2D eigenvalue weighted by Crippen LogP contribution is -2.45. The van der Waals surface area contributed by atoms with Crippen molar-refractivity contribution < 1.29 is 9.47 Å². The van der Waals surface area contributed by atoms with Gasteiger partial charge in [-0.1, -0.05) is 26.0 Å². The van der Waals surface area contributed by atoms with Crippen LogP contribution in [0.5, 0.6) is 5.75 Å². The molecule has 2 rings (SSSR count). The van der Waals surface area contributed by atoms with Gasteiger partial charge in [0.15, 0.2) is 5.96 Å². The van der Waals surface area contributed by atoms with E-state index in [2.05, 4.69) is 52.6 Å². The van der Waals surface area contributed by atoms with Gasteiger partial charge in [0.25, 0.3) is 0 Å². The van der Waals surface area contributed by atoms with Crippen molar-refractivity contribution in [2.45, 2.75) is 38.8 Å². The predicted molar refractivity (Wildman–Crippen MR) is 122 cm³/mol. The number of benzene rings is 1. The molecule has 0 aliphatic carbocycles. The molecule has 27 heavy (non-hydrogen) atoms. The van der Waals surface area contributed by atoms with Gasteiger partial charge < -0.3 is 20.1 Å². The van der Waals surface area contributed by atoms with Gasteiger partial charge in [-0.15, -0.1) is 24.0 Å². The molecule has 1 heterocycles. The second-order valence-electron chi connectivity index (χ2n) is 6.48. The van der Waals surface area contributed by atoms with Crippen molar-refractivity contribution in [1.82, 2.24) is 15.5 Å². The van der Waals surface area contributed by atoms with Crippen LogP contribution in [0.3, 0.4) is 0 Å². The molecule has 1 aromatic rings. The zero-order chi connectivity index (χ0) is 18.8. The third-order valence-electron chi connectivity index (χ3n) is 4.94. The van der Waals surface area contributed by atoms with Crippen LogP contribution in [0.2, 0.25) is 0 Å². The lowest BCUT2D eigenvalue weighted by molar-refractivity contribution is 0.113. The van der Waals surface area contributed by atoms with Crippen molar-refractivity contribution in [2.75, 3.05) is 46.9 Å². The number of guanidine groups is 1. The summed E-state index contributed by atoms with van der Waals surface area (Å²) in [6.45, 7) is 8.82. The van der Waals surface area contributed by atoms with Crippen LogP contribution >= 0.6 is 24.0 Å². The Morgan fingerprint density at radius 3 is 2.70 bits per heavy atom. The van der Waals surface area contributed by atoms with Gasteiger partial charge in [0.1, 0.15) is 5.75 Å². The summed E-state index contributed by atoms with van der Waals surface area (Å²) in [5.74, 6) is 1.71. The van der Waals surface area contributed by atoms with Crippen LogP contribution in [0, 0.1) is 0 Å². The van der Waals surface area contributed by atoms with Gasteiger partial charge in [0.2, 0.25) is 0 Å². The van der Waals surface area contributed by atoms with E-state index in [0.717, 1.165) is 57.3 Å². The molecule has 0 spiro atoms. The van der Waals surface area contributed by atoms with Gasteiger partial charge in [0, 0.05) is 26.7 Å². The van der Waals surface area contributed by atoms with Gasteiger partial charge in [-0.3, -0.25) is 9.89 Å². The molecule has 2 N–H and O–H groups in total. The van der Waals surface area contributed by atoms with Gasteiger partial charge in [-0.05, 0) is 43.6 Å². The highest BCUT2D eigenvalue weighted by molar-refractivity contribution is 14.0. The minimum Gasteiger partial charge on any atom is -0.497 e. The SMILES string of the molecule is CCN(CC)C(CNC(=NC)NCC1CCCO1)c1cccc(OC)c1.I. The van der Waals surface area contributed by atoms with Crippen LogP contribution in [-0.2, 0) is 4.74 Å². The van der Waals surface area contributed by atoms with E-state index >= 15 is 0 Å². The van der Waals surface area contributed by atoms with Gasteiger partial charge in [0.05, 0.1) is 19.3 Å². The van der Waals surface area contributed by atoms with E-state index in [1.54, 1.807) is 7.11 Å². The zero-order valence-electron chi connectivity index (χ0n) is 17.0. The molecule has 6 nitrogen and oxygen atoms in total. The minimum absolute atomic E-state index is 0. The number of hydrogen-bond acceptors (Lipinski definition) is 4. The molecule has 0 radical (unpaired) electrons. The highest BCUT2D eigenvalue weighted by Gasteiger charge is 2.20. The van der Waals surface area contributed by atoms with Crippen molar-refractivity contribution in [3.63, 3.8) is 0 Å². The van der Waals surface area contributed by atoms with Crippen molar-refractivity contribution >= 4 is 29.9 Å². The maximum absolute atomic E-state index is 5.67. The number of halogens is 1. The monoisotopic (exact) mass is 490 g/mol. The summed E-state index contributed by atoms with van der Waals surface area (Å²) in [6, 6.07) is 8.57. The maximum atomic E-state index is 5.67. The first kappa shape index (κ1) is 24.0. The number of hydrogen-bond donors (Lipinski definition) is 2. The highest BCUT2D eigenvalue weighted by Crippen LogP contribution is 2.23. The molecule has 2 unspecified atom stereocenters. The van der Waals surface area contributed by atoms with Gasteiger partial charge >= 0.3 is 0 Å². The first-order chi connectivity index (χ1) is 12.7. The molecule has 1 saturated heterocycles. The van der Waals surface area contributed by atoms with Crippen LogP contribution in [0.4, 0.5) is 0 Å². The Balaban J connectivity index is 0.00000364. The van der Waals surface area contributed by atoms with E-state index in [9.17, 15) is 0 Å². The fraction of sp³-hybridized carbons (Fsp3) is 0.650. The van der Waals surface area contributed by atoms with E-state index < -0.39 is 0 Å². The van der Waals surface area contributed by atoms with E-state index in [4.69, 9.17) is 9.47 Å². The average Bonchev–Trinajstić information content (AvgIpc) is 3.21. The average molecular weight is 490 g/mol. The number of nitrogens with one attached hydrogen (secondary N) is 2. The normalized spacial score (nSPS) is 18.1. The molecular formula is C20H35IN4O2. The van der Waals surface area contributed by atoms with Crippen molar-refractivity contribution in [3.05, 3.63) is 29.8 Å². The summed E-state index contributed by atoms with van der Waals surface area (Å²) in [5, 5.41) is 6.87. The highest BCUT2D eigenvalue weighted by atomic mass is 127. The predicted octanol–water partition coefficient (Wildman–Crippen LogP) is 3.04. The van der Waals surface area contributed by atoms with E-state index in [1.807, 2.05) is 13.1 Å². The number of rotatable bonds is 9. The van der Waals surface area contributed by atoms with Crippen LogP contribution in [0.25, 0.3) is 0 Å². The summed E-state index contributed by atoms with van der Waals surface area (Å²) in [6.07, 6.45) is 2.57. The topological polar surface area (TPSA) is 58.1 Å². The molecule has 0 amide bonds. The first-order valence-electron chi connectivity index (χ1n) is 9.65. The fourth-order valence-corrected chi connectivity index (χ4v) is 3.40. The van der Waals surface area contributed by atoms with E-state index in [0.29, 0.717) is 6.10 Å².